The molecule has 3 heteroatoms. The molecule has 2 unspecified atom stereocenters. The molecule has 0 fully saturated rings. The van der Waals surface area contributed by atoms with Crippen molar-refractivity contribution >= 4 is 11.8 Å². The average molecular weight is 237 g/mol. The van der Waals surface area contributed by atoms with Crippen LogP contribution in [0.25, 0.3) is 0 Å². The Hall–Kier alpha value is -0.670. The fourth-order valence-electron chi connectivity index (χ4n) is 2.10. The third-order valence-electron chi connectivity index (χ3n) is 3.07. The molecule has 0 amide bonds. The lowest BCUT2D eigenvalue weighted by Gasteiger charge is -2.19. The molecule has 1 aliphatic heterocycles. The summed E-state index contributed by atoms with van der Waals surface area (Å²) >= 11 is 1.95. The van der Waals surface area contributed by atoms with Crippen LogP contribution in [0.3, 0.4) is 0 Å². The molecule has 0 saturated carbocycles. The second-order valence-electron chi connectivity index (χ2n) is 4.28. The van der Waals surface area contributed by atoms with Crippen LogP contribution in [-0.4, -0.2) is 12.4 Å². The second kappa shape index (κ2) is 5.11. The van der Waals surface area contributed by atoms with Crippen LogP contribution in [-0.2, 0) is 5.75 Å². The summed E-state index contributed by atoms with van der Waals surface area (Å²) < 4.78 is 5.67. The van der Waals surface area contributed by atoms with Crippen LogP contribution in [0.5, 0.6) is 5.75 Å². The van der Waals surface area contributed by atoms with E-state index in [2.05, 4.69) is 13.0 Å². The highest BCUT2D eigenvalue weighted by Crippen LogP contribution is 2.37. The van der Waals surface area contributed by atoms with E-state index in [-0.39, 0.29) is 6.04 Å². The van der Waals surface area contributed by atoms with Gasteiger partial charge in [0.25, 0.3) is 0 Å². The highest BCUT2D eigenvalue weighted by Gasteiger charge is 2.23. The number of thioether (sulfide) groups is 1. The molecule has 1 aliphatic rings. The Morgan fingerprint density at radius 3 is 3.06 bits per heavy atom. The maximum Gasteiger partial charge on any atom is 0.123 e. The molecule has 0 radical (unpaired) electrons. The summed E-state index contributed by atoms with van der Waals surface area (Å²) in [5.74, 6) is 3.69. The van der Waals surface area contributed by atoms with E-state index < -0.39 is 0 Å². The molecule has 0 aromatic heterocycles. The van der Waals surface area contributed by atoms with Gasteiger partial charge in [0.15, 0.2) is 0 Å². The minimum atomic E-state index is 0.144. The first kappa shape index (κ1) is 11.8. The Kier molecular flexibility index (Phi) is 3.77. The van der Waals surface area contributed by atoms with E-state index in [1.54, 1.807) is 0 Å². The average Bonchev–Trinajstić information content (AvgIpc) is 2.42. The minimum Gasteiger partial charge on any atom is -0.494 e. The third kappa shape index (κ3) is 2.20. The highest BCUT2D eigenvalue weighted by atomic mass is 32.2. The van der Waals surface area contributed by atoms with E-state index in [1.807, 2.05) is 30.8 Å². The van der Waals surface area contributed by atoms with Gasteiger partial charge in [-0.2, -0.15) is 11.8 Å². The number of hydrogen-bond donors (Lipinski definition) is 1. The Bertz CT molecular complexity index is 367. The zero-order valence-electron chi connectivity index (χ0n) is 9.90. The lowest BCUT2D eigenvalue weighted by molar-refractivity contribution is 0.336. The van der Waals surface area contributed by atoms with Crippen molar-refractivity contribution in [2.45, 2.75) is 25.6 Å². The number of nitrogens with two attached hydrogens (primary N) is 1. The molecule has 0 bridgehead atoms. The molecule has 2 N–H and O–H groups in total. The third-order valence-corrected chi connectivity index (χ3v) is 4.32. The summed E-state index contributed by atoms with van der Waals surface area (Å²) in [6.07, 6.45) is 0. The first-order chi connectivity index (χ1) is 7.74. The van der Waals surface area contributed by atoms with Crippen molar-refractivity contribution in [2.24, 2.45) is 11.7 Å². The van der Waals surface area contributed by atoms with Gasteiger partial charge in [-0.3, -0.25) is 0 Å². The van der Waals surface area contributed by atoms with Gasteiger partial charge in [-0.05, 0) is 30.2 Å². The molecule has 1 aromatic carbocycles. The molecular formula is C13H19NOS. The Balaban J connectivity index is 2.41. The fourth-order valence-corrected chi connectivity index (χ4v) is 3.31. The topological polar surface area (TPSA) is 35.2 Å². The zero-order chi connectivity index (χ0) is 11.5. The quantitative estimate of drug-likeness (QED) is 0.859. The molecule has 16 heavy (non-hydrogen) atoms. The van der Waals surface area contributed by atoms with Gasteiger partial charge in [0.2, 0.25) is 0 Å². The number of fused-ring (bicyclic) bond motifs is 1. The van der Waals surface area contributed by atoms with Crippen LogP contribution in [0.2, 0.25) is 0 Å². The highest BCUT2D eigenvalue weighted by molar-refractivity contribution is 7.98. The molecule has 2 atom stereocenters. The smallest absolute Gasteiger partial charge is 0.123 e. The van der Waals surface area contributed by atoms with E-state index >= 15 is 0 Å². The first-order valence-electron chi connectivity index (χ1n) is 5.82. The number of hydrogen-bond acceptors (Lipinski definition) is 3. The van der Waals surface area contributed by atoms with E-state index in [4.69, 9.17) is 10.5 Å². The summed E-state index contributed by atoms with van der Waals surface area (Å²) in [7, 11) is 0. The Morgan fingerprint density at radius 1 is 1.50 bits per heavy atom. The maximum atomic E-state index is 6.29. The fraction of sp³-hybridized carbons (Fsp3) is 0.538. The first-order valence-corrected chi connectivity index (χ1v) is 6.97. The van der Waals surface area contributed by atoms with Gasteiger partial charge >= 0.3 is 0 Å². The standard InChI is InChI=1S/C13H19NOS/c1-3-15-12-6-4-5-10-11(12)8-16-7-9(2)13(10)14/h4-6,9,13H,3,7-8,14H2,1-2H3. The van der Waals surface area contributed by atoms with Gasteiger partial charge in [0.05, 0.1) is 6.61 Å². The predicted octanol–water partition coefficient (Wildman–Crippen LogP) is 2.97. The van der Waals surface area contributed by atoms with Crippen molar-refractivity contribution in [3.8, 4) is 5.75 Å². The number of ether oxygens (including phenoxy) is 1. The molecule has 0 aliphatic carbocycles. The van der Waals surface area contributed by atoms with Crippen molar-refractivity contribution in [1.29, 1.82) is 0 Å². The normalized spacial score (nSPS) is 24.7. The summed E-state index contributed by atoms with van der Waals surface area (Å²) in [6, 6.07) is 6.38. The Morgan fingerprint density at radius 2 is 2.31 bits per heavy atom. The predicted molar refractivity (Wildman–Crippen MR) is 69.9 cm³/mol. The molecule has 2 nitrogen and oxygen atoms in total. The molecule has 1 aromatic rings. The van der Waals surface area contributed by atoms with Gasteiger partial charge in [-0.25, -0.2) is 0 Å². The van der Waals surface area contributed by atoms with Crippen molar-refractivity contribution in [2.75, 3.05) is 12.4 Å². The molecule has 1 heterocycles. The Labute approximate surface area is 102 Å². The lowest BCUT2D eigenvalue weighted by atomic mass is 9.93. The van der Waals surface area contributed by atoms with Crippen LogP contribution < -0.4 is 10.5 Å². The SMILES string of the molecule is CCOc1cccc2c1CSCC(C)C2N. The van der Waals surface area contributed by atoms with Crippen LogP contribution in [0.15, 0.2) is 18.2 Å². The van der Waals surface area contributed by atoms with Crippen LogP contribution in [0.4, 0.5) is 0 Å². The molecule has 2 rings (SSSR count). The zero-order valence-corrected chi connectivity index (χ0v) is 10.7. The molecular weight excluding hydrogens is 218 g/mol. The van der Waals surface area contributed by atoms with Gasteiger partial charge in [0.1, 0.15) is 5.75 Å². The van der Waals surface area contributed by atoms with Crippen LogP contribution in [0, 0.1) is 5.92 Å². The largest absolute Gasteiger partial charge is 0.494 e. The summed E-state index contributed by atoms with van der Waals surface area (Å²) in [5.41, 5.74) is 8.85. The van der Waals surface area contributed by atoms with Crippen molar-refractivity contribution in [3.63, 3.8) is 0 Å². The van der Waals surface area contributed by atoms with Crippen LogP contribution >= 0.6 is 11.8 Å². The van der Waals surface area contributed by atoms with Crippen molar-refractivity contribution in [1.82, 2.24) is 0 Å². The molecule has 88 valence electrons. The van der Waals surface area contributed by atoms with Crippen molar-refractivity contribution in [3.05, 3.63) is 29.3 Å². The van der Waals surface area contributed by atoms with Gasteiger partial charge < -0.3 is 10.5 Å². The van der Waals surface area contributed by atoms with E-state index in [1.165, 1.54) is 11.1 Å². The van der Waals surface area contributed by atoms with Gasteiger partial charge in [0, 0.05) is 17.4 Å². The summed E-state index contributed by atoms with van der Waals surface area (Å²) in [6.45, 7) is 4.96. The summed E-state index contributed by atoms with van der Waals surface area (Å²) in [5, 5.41) is 0. The van der Waals surface area contributed by atoms with Crippen LogP contribution in [0.1, 0.15) is 31.0 Å². The van der Waals surface area contributed by atoms with E-state index in [9.17, 15) is 0 Å². The van der Waals surface area contributed by atoms with E-state index in [0.717, 1.165) is 17.3 Å². The number of rotatable bonds is 2. The van der Waals surface area contributed by atoms with Gasteiger partial charge in [-0.1, -0.05) is 19.1 Å². The number of benzene rings is 1. The second-order valence-corrected chi connectivity index (χ2v) is 5.31. The minimum absolute atomic E-state index is 0.144. The molecule has 0 spiro atoms. The monoisotopic (exact) mass is 237 g/mol. The van der Waals surface area contributed by atoms with E-state index in [0.29, 0.717) is 12.5 Å². The lowest BCUT2D eigenvalue weighted by Crippen LogP contribution is -2.20. The maximum absolute atomic E-state index is 6.29. The molecule has 0 saturated heterocycles. The van der Waals surface area contributed by atoms with Gasteiger partial charge in [-0.15, -0.1) is 0 Å². The van der Waals surface area contributed by atoms with Crippen molar-refractivity contribution < 1.29 is 4.74 Å². The summed E-state index contributed by atoms with van der Waals surface area (Å²) in [4.78, 5) is 0.